The van der Waals surface area contributed by atoms with E-state index in [2.05, 4.69) is 0 Å². The van der Waals surface area contributed by atoms with Crippen LogP contribution in [0.3, 0.4) is 0 Å². The minimum Gasteiger partial charge on any atom is -0.502 e. The van der Waals surface area contributed by atoms with Gasteiger partial charge >= 0.3 is 5.69 Å². The van der Waals surface area contributed by atoms with Gasteiger partial charge in [-0.05, 0) is 18.4 Å². The lowest BCUT2D eigenvalue weighted by Gasteiger charge is -2.13. The summed E-state index contributed by atoms with van der Waals surface area (Å²) in [5.74, 6) is -0.785. The Bertz CT molecular complexity index is 460. The van der Waals surface area contributed by atoms with Gasteiger partial charge in [0.1, 0.15) is 5.82 Å². The second-order valence-electron chi connectivity index (χ2n) is 4.41. The maximum Gasteiger partial charge on any atom is 0.313 e. The van der Waals surface area contributed by atoms with Crippen molar-refractivity contribution in [3.8, 4) is 5.75 Å². The molecule has 0 amide bonds. The van der Waals surface area contributed by atoms with Gasteiger partial charge < -0.3 is 10.8 Å². The standard InChI is InChI=1S/C11H13FN2O3/c12-7-4-8(9(13)3-6-1-2-6)11(15)10(5-7)14(16)17/h4-6,9,15H,1-3,13H2/t9-/m0/s1. The van der Waals surface area contributed by atoms with Crippen LogP contribution in [0.4, 0.5) is 10.1 Å². The van der Waals surface area contributed by atoms with E-state index in [-0.39, 0.29) is 5.56 Å². The summed E-state index contributed by atoms with van der Waals surface area (Å²) >= 11 is 0. The highest BCUT2D eigenvalue weighted by molar-refractivity contribution is 5.52. The first kappa shape index (κ1) is 11.8. The van der Waals surface area contributed by atoms with Gasteiger partial charge in [-0.1, -0.05) is 12.8 Å². The molecule has 6 heteroatoms. The van der Waals surface area contributed by atoms with Crippen LogP contribution in [0.15, 0.2) is 12.1 Å². The summed E-state index contributed by atoms with van der Waals surface area (Å²) in [6, 6.07) is 1.20. The van der Waals surface area contributed by atoms with E-state index in [1.807, 2.05) is 0 Å². The molecule has 1 aromatic rings. The zero-order valence-electron chi connectivity index (χ0n) is 9.10. The molecule has 0 saturated heterocycles. The normalized spacial score (nSPS) is 16.8. The number of hydrogen-bond acceptors (Lipinski definition) is 4. The number of halogens is 1. The number of benzene rings is 1. The van der Waals surface area contributed by atoms with Crippen molar-refractivity contribution in [1.29, 1.82) is 0 Å². The van der Waals surface area contributed by atoms with Crippen molar-refractivity contribution < 1.29 is 14.4 Å². The van der Waals surface area contributed by atoms with Crippen LogP contribution >= 0.6 is 0 Å². The molecule has 1 aliphatic rings. The molecule has 0 bridgehead atoms. The third kappa shape index (κ3) is 2.52. The first-order chi connectivity index (χ1) is 7.99. The number of nitro benzene ring substituents is 1. The molecule has 1 atom stereocenters. The molecule has 0 aromatic heterocycles. The highest BCUT2D eigenvalue weighted by Crippen LogP contribution is 2.41. The van der Waals surface area contributed by atoms with Gasteiger partial charge in [0.05, 0.1) is 11.0 Å². The van der Waals surface area contributed by atoms with Gasteiger partial charge in [-0.25, -0.2) is 4.39 Å². The monoisotopic (exact) mass is 240 g/mol. The maximum atomic E-state index is 13.2. The second-order valence-corrected chi connectivity index (χ2v) is 4.41. The zero-order chi connectivity index (χ0) is 12.6. The molecular formula is C11H13FN2O3. The quantitative estimate of drug-likeness (QED) is 0.623. The number of rotatable bonds is 4. The number of hydrogen-bond donors (Lipinski definition) is 2. The van der Waals surface area contributed by atoms with Crippen LogP contribution in [0.2, 0.25) is 0 Å². The molecule has 1 fully saturated rings. The van der Waals surface area contributed by atoms with Gasteiger partial charge in [0.25, 0.3) is 0 Å². The summed E-state index contributed by atoms with van der Waals surface area (Å²) in [5, 5.41) is 20.3. The molecule has 1 aromatic carbocycles. The fraction of sp³-hybridized carbons (Fsp3) is 0.455. The Kier molecular flexibility index (Phi) is 2.97. The molecule has 92 valence electrons. The third-order valence-electron chi connectivity index (χ3n) is 2.96. The highest BCUT2D eigenvalue weighted by atomic mass is 19.1. The third-order valence-corrected chi connectivity index (χ3v) is 2.96. The van der Waals surface area contributed by atoms with Crippen molar-refractivity contribution in [1.82, 2.24) is 0 Å². The van der Waals surface area contributed by atoms with Gasteiger partial charge in [-0.15, -0.1) is 0 Å². The van der Waals surface area contributed by atoms with Crippen LogP contribution < -0.4 is 5.73 Å². The van der Waals surface area contributed by atoms with Gasteiger partial charge in [0.2, 0.25) is 0 Å². The number of nitro groups is 1. The Morgan fingerprint density at radius 1 is 1.59 bits per heavy atom. The molecule has 2 rings (SSSR count). The minimum absolute atomic E-state index is 0.114. The first-order valence-electron chi connectivity index (χ1n) is 5.41. The Hall–Kier alpha value is -1.69. The SMILES string of the molecule is N[C@@H](CC1CC1)c1cc(F)cc([N+](=O)[O-])c1O. The van der Waals surface area contributed by atoms with Gasteiger partial charge in [0, 0.05) is 11.6 Å². The lowest BCUT2D eigenvalue weighted by Crippen LogP contribution is -2.12. The lowest BCUT2D eigenvalue weighted by molar-refractivity contribution is -0.386. The van der Waals surface area contributed by atoms with Crippen LogP contribution in [0.25, 0.3) is 0 Å². The Balaban J connectivity index is 2.34. The number of phenolic OH excluding ortho intramolecular Hbond substituents is 1. The fourth-order valence-corrected chi connectivity index (χ4v) is 1.87. The first-order valence-corrected chi connectivity index (χ1v) is 5.41. The van der Waals surface area contributed by atoms with Crippen LogP contribution in [-0.2, 0) is 0 Å². The number of nitrogens with zero attached hydrogens (tertiary/aromatic N) is 1. The van der Waals surface area contributed by atoms with Crippen LogP contribution in [-0.4, -0.2) is 10.0 Å². The van der Waals surface area contributed by atoms with Crippen molar-refractivity contribution in [2.24, 2.45) is 11.7 Å². The number of phenols is 1. The molecule has 1 saturated carbocycles. The van der Waals surface area contributed by atoms with E-state index in [0.717, 1.165) is 18.9 Å². The van der Waals surface area contributed by atoms with E-state index < -0.39 is 28.2 Å². The van der Waals surface area contributed by atoms with Crippen molar-refractivity contribution >= 4 is 5.69 Å². The number of nitrogens with two attached hydrogens (primary N) is 1. The van der Waals surface area contributed by atoms with Crippen LogP contribution in [0.5, 0.6) is 5.75 Å². The molecule has 0 radical (unpaired) electrons. The predicted molar refractivity (Wildman–Crippen MR) is 59.0 cm³/mol. The summed E-state index contributed by atoms with van der Waals surface area (Å²) in [5.41, 5.74) is 5.31. The summed E-state index contributed by atoms with van der Waals surface area (Å²) in [6.07, 6.45) is 2.77. The zero-order valence-corrected chi connectivity index (χ0v) is 9.10. The summed E-state index contributed by atoms with van der Waals surface area (Å²) in [7, 11) is 0. The van der Waals surface area contributed by atoms with Crippen molar-refractivity contribution in [2.75, 3.05) is 0 Å². The van der Waals surface area contributed by atoms with Crippen LogP contribution in [0.1, 0.15) is 30.9 Å². The summed E-state index contributed by atoms with van der Waals surface area (Å²) in [4.78, 5) is 9.81. The number of aromatic hydroxyl groups is 1. The average molecular weight is 240 g/mol. The van der Waals surface area contributed by atoms with Crippen molar-refractivity contribution in [2.45, 2.75) is 25.3 Å². The van der Waals surface area contributed by atoms with Gasteiger partial charge in [-0.2, -0.15) is 0 Å². The Morgan fingerprint density at radius 3 is 2.76 bits per heavy atom. The van der Waals surface area contributed by atoms with E-state index in [9.17, 15) is 19.6 Å². The van der Waals surface area contributed by atoms with Gasteiger partial charge in [-0.3, -0.25) is 10.1 Å². The second kappa shape index (κ2) is 4.29. The molecule has 0 unspecified atom stereocenters. The molecular weight excluding hydrogens is 227 g/mol. The molecule has 0 heterocycles. The molecule has 0 spiro atoms. The fourth-order valence-electron chi connectivity index (χ4n) is 1.87. The summed E-state index contributed by atoms with van der Waals surface area (Å²) < 4.78 is 13.2. The summed E-state index contributed by atoms with van der Waals surface area (Å²) in [6.45, 7) is 0. The van der Waals surface area contributed by atoms with Crippen molar-refractivity contribution in [3.05, 3.63) is 33.6 Å². The van der Waals surface area contributed by atoms with E-state index in [4.69, 9.17) is 5.73 Å². The topological polar surface area (TPSA) is 89.4 Å². The molecule has 0 aliphatic heterocycles. The van der Waals surface area contributed by atoms with E-state index in [0.29, 0.717) is 18.4 Å². The van der Waals surface area contributed by atoms with E-state index >= 15 is 0 Å². The Morgan fingerprint density at radius 2 is 2.24 bits per heavy atom. The molecule has 1 aliphatic carbocycles. The van der Waals surface area contributed by atoms with Crippen molar-refractivity contribution in [3.63, 3.8) is 0 Å². The molecule has 17 heavy (non-hydrogen) atoms. The maximum absolute atomic E-state index is 13.2. The predicted octanol–water partition coefficient (Wildman–Crippen LogP) is 2.24. The van der Waals surface area contributed by atoms with Crippen LogP contribution in [0, 0.1) is 21.8 Å². The van der Waals surface area contributed by atoms with Gasteiger partial charge in [0.15, 0.2) is 5.75 Å². The molecule has 3 N–H and O–H groups in total. The smallest absolute Gasteiger partial charge is 0.313 e. The Labute approximate surface area is 97.2 Å². The highest BCUT2D eigenvalue weighted by Gasteiger charge is 2.28. The average Bonchev–Trinajstić information content (AvgIpc) is 3.04. The van der Waals surface area contributed by atoms with E-state index in [1.165, 1.54) is 0 Å². The van der Waals surface area contributed by atoms with E-state index in [1.54, 1.807) is 0 Å². The lowest BCUT2D eigenvalue weighted by atomic mass is 10.00. The minimum atomic E-state index is -0.814. The largest absolute Gasteiger partial charge is 0.502 e. The molecule has 5 nitrogen and oxygen atoms in total.